The van der Waals surface area contributed by atoms with Crippen LogP contribution in [0.4, 0.5) is 0 Å². The third kappa shape index (κ3) is 4.14. The van der Waals surface area contributed by atoms with E-state index in [9.17, 15) is 4.79 Å². The number of nitrogens with zero attached hydrogens (tertiary/aromatic N) is 1. The first kappa shape index (κ1) is 16.4. The Morgan fingerprint density at radius 2 is 1.89 bits per heavy atom. The van der Waals surface area contributed by atoms with Crippen LogP contribution in [-0.4, -0.2) is 42.6 Å². The first-order valence-corrected chi connectivity index (χ1v) is 7.58. The highest BCUT2D eigenvalue weighted by Gasteiger charge is 2.42. The molecule has 0 aliphatic heterocycles. The van der Waals surface area contributed by atoms with Gasteiger partial charge in [-0.2, -0.15) is 0 Å². The van der Waals surface area contributed by atoms with Gasteiger partial charge in [-0.3, -0.25) is 4.79 Å². The smallest absolute Gasteiger partial charge is 0.235 e. The Bertz CT molecular complexity index is 313. The third-order valence-corrected chi connectivity index (χ3v) is 4.35. The number of nitrogens with two attached hydrogens (primary N) is 1. The van der Waals surface area contributed by atoms with Crippen molar-refractivity contribution in [3.63, 3.8) is 0 Å². The highest BCUT2D eigenvalue weighted by atomic mass is 32.1. The Balaban J connectivity index is 2.74. The van der Waals surface area contributed by atoms with Gasteiger partial charge < -0.3 is 15.4 Å². The van der Waals surface area contributed by atoms with E-state index in [2.05, 4.69) is 0 Å². The first-order valence-electron chi connectivity index (χ1n) is 7.18. The normalized spacial score (nSPS) is 18.6. The molecule has 5 heteroatoms. The topological polar surface area (TPSA) is 55.6 Å². The van der Waals surface area contributed by atoms with E-state index < -0.39 is 5.41 Å². The van der Waals surface area contributed by atoms with Crippen molar-refractivity contribution in [1.82, 2.24) is 4.90 Å². The summed E-state index contributed by atoms with van der Waals surface area (Å²) in [5.41, 5.74) is 5.30. The van der Waals surface area contributed by atoms with Crippen molar-refractivity contribution in [3.8, 4) is 0 Å². The van der Waals surface area contributed by atoms with Gasteiger partial charge in [-0.1, -0.05) is 37.9 Å². The fraction of sp³-hybridized carbons (Fsp3) is 0.857. The van der Waals surface area contributed by atoms with Crippen LogP contribution < -0.4 is 5.73 Å². The fourth-order valence-electron chi connectivity index (χ4n) is 2.71. The largest absolute Gasteiger partial charge is 0.392 e. The Labute approximate surface area is 121 Å². The van der Waals surface area contributed by atoms with Crippen molar-refractivity contribution < 1.29 is 9.53 Å². The average Bonchev–Trinajstić information content (AvgIpc) is 2.64. The predicted molar refractivity (Wildman–Crippen MR) is 81.1 cm³/mol. The maximum atomic E-state index is 12.7. The van der Waals surface area contributed by atoms with Crippen molar-refractivity contribution in [2.24, 2.45) is 11.1 Å². The van der Waals surface area contributed by atoms with Crippen LogP contribution in [0.2, 0.25) is 0 Å². The second-order valence-electron chi connectivity index (χ2n) is 5.28. The first-order chi connectivity index (χ1) is 9.04. The molecule has 0 aromatic rings. The van der Waals surface area contributed by atoms with Crippen LogP contribution in [0, 0.1) is 5.41 Å². The zero-order chi connectivity index (χ0) is 14.3. The second-order valence-corrected chi connectivity index (χ2v) is 5.72. The number of carbonyl (C=O) groups is 1. The van der Waals surface area contributed by atoms with E-state index in [1.165, 1.54) is 12.8 Å². The molecule has 1 rings (SSSR count). The monoisotopic (exact) mass is 286 g/mol. The Morgan fingerprint density at radius 3 is 2.37 bits per heavy atom. The SMILES string of the molecule is CCOCCN(C)C(=O)C1(C(N)=S)CCCCCC1. The lowest BCUT2D eigenvalue weighted by Gasteiger charge is -2.34. The minimum atomic E-state index is -0.618. The average molecular weight is 286 g/mol. The zero-order valence-corrected chi connectivity index (χ0v) is 12.9. The molecule has 19 heavy (non-hydrogen) atoms. The lowest BCUT2D eigenvalue weighted by Crippen LogP contribution is -2.50. The van der Waals surface area contributed by atoms with Crippen molar-refractivity contribution >= 4 is 23.1 Å². The lowest BCUT2D eigenvalue weighted by atomic mass is 9.79. The molecule has 1 aliphatic rings. The highest BCUT2D eigenvalue weighted by Crippen LogP contribution is 2.37. The molecule has 0 bridgehead atoms. The number of amides is 1. The van der Waals surface area contributed by atoms with Crippen LogP contribution in [0.25, 0.3) is 0 Å². The van der Waals surface area contributed by atoms with Gasteiger partial charge in [0, 0.05) is 20.2 Å². The summed E-state index contributed by atoms with van der Waals surface area (Å²) in [6.45, 7) is 3.77. The summed E-state index contributed by atoms with van der Waals surface area (Å²) in [5, 5.41) is 0. The van der Waals surface area contributed by atoms with Gasteiger partial charge in [0.05, 0.1) is 17.0 Å². The molecule has 1 aliphatic carbocycles. The quantitative estimate of drug-likeness (QED) is 0.461. The lowest BCUT2D eigenvalue weighted by molar-refractivity contribution is -0.138. The van der Waals surface area contributed by atoms with Gasteiger partial charge in [-0.15, -0.1) is 0 Å². The van der Waals surface area contributed by atoms with Gasteiger partial charge in [-0.25, -0.2) is 0 Å². The van der Waals surface area contributed by atoms with E-state index in [-0.39, 0.29) is 5.91 Å². The maximum absolute atomic E-state index is 12.7. The summed E-state index contributed by atoms with van der Waals surface area (Å²) >= 11 is 5.22. The summed E-state index contributed by atoms with van der Waals surface area (Å²) in [4.78, 5) is 14.8. The molecule has 1 saturated carbocycles. The van der Waals surface area contributed by atoms with Gasteiger partial charge in [0.1, 0.15) is 0 Å². The minimum absolute atomic E-state index is 0.0709. The number of likely N-dealkylation sites (N-methyl/N-ethyl adjacent to an activating group) is 1. The Kier molecular flexibility index (Phi) is 6.72. The van der Waals surface area contributed by atoms with Gasteiger partial charge in [-0.05, 0) is 19.8 Å². The van der Waals surface area contributed by atoms with E-state index in [0.29, 0.717) is 24.7 Å². The number of hydrogen-bond donors (Lipinski definition) is 1. The predicted octanol–water partition coefficient (Wildman–Crippen LogP) is 2.11. The Hall–Kier alpha value is -0.680. The molecule has 0 heterocycles. The van der Waals surface area contributed by atoms with Crippen LogP contribution in [0.1, 0.15) is 45.4 Å². The molecule has 0 spiro atoms. The van der Waals surface area contributed by atoms with Crippen molar-refractivity contribution in [1.29, 1.82) is 0 Å². The van der Waals surface area contributed by atoms with Crippen molar-refractivity contribution in [2.75, 3.05) is 26.8 Å². The van der Waals surface area contributed by atoms with Crippen molar-refractivity contribution in [2.45, 2.75) is 45.4 Å². The molecular weight excluding hydrogens is 260 g/mol. The summed E-state index contributed by atoms with van der Waals surface area (Å²) in [6.07, 6.45) is 5.98. The van der Waals surface area contributed by atoms with Gasteiger partial charge in [0.15, 0.2) is 0 Å². The van der Waals surface area contributed by atoms with E-state index >= 15 is 0 Å². The highest BCUT2D eigenvalue weighted by molar-refractivity contribution is 7.80. The summed E-state index contributed by atoms with van der Waals surface area (Å²) < 4.78 is 5.30. The van der Waals surface area contributed by atoms with Gasteiger partial charge in [0.2, 0.25) is 5.91 Å². The van der Waals surface area contributed by atoms with Crippen LogP contribution >= 0.6 is 12.2 Å². The second kappa shape index (κ2) is 7.80. The van der Waals surface area contributed by atoms with E-state index in [1.54, 1.807) is 4.90 Å². The number of hydrogen-bond acceptors (Lipinski definition) is 3. The number of ether oxygens (including phenoxy) is 1. The molecule has 0 saturated heterocycles. The zero-order valence-electron chi connectivity index (χ0n) is 12.1. The van der Waals surface area contributed by atoms with Gasteiger partial charge in [0.25, 0.3) is 0 Å². The minimum Gasteiger partial charge on any atom is -0.392 e. The van der Waals surface area contributed by atoms with Crippen molar-refractivity contribution in [3.05, 3.63) is 0 Å². The third-order valence-electron chi connectivity index (χ3n) is 3.96. The summed E-state index contributed by atoms with van der Waals surface area (Å²) in [6, 6.07) is 0. The Morgan fingerprint density at radius 1 is 1.32 bits per heavy atom. The van der Waals surface area contributed by atoms with Crippen LogP contribution in [0.5, 0.6) is 0 Å². The molecule has 0 atom stereocenters. The number of carbonyl (C=O) groups excluding carboxylic acids is 1. The number of thiocarbonyl (C=S) groups is 1. The molecule has 1 amide bonds. The van der Waals surface area contributed by atoms with Crippen LogP contribution in [-0.2, 0) is 9.53 Å². The fourth-order valence-corrected chi connectivity index (χ4v) is 3.00. The molecule has 1 fully saturated rings. The molecule has 0 radical (unpaired) electrons. The molecule has 110 valence electrons. The van der Waals surface area contributed by atoms with Gasteiger partial charge >= 0.3 is 0 Å². The maximum Gasteiger partial charge on any atom is 0.235 e. The number of rotatable bonds is 6. The van der Waals surface area contributed by atoms with Crippen LogP contribution in [0.3, 0.4) is 0 Å². The molecule has 4 nitrogen and oxygen atoms in total. The standard InChI is InChI=1S/C14H26N2O2S/c1-3-18-11-10-16(2)13(17)14(12(15)19)8-6-4-5-7-9-14/h3-11H2,1-2H3,(H2,15,19). The molecular formula is C14H26N2O2S. The van der Waals surface area contributed by atoms with E-state index in [0.717, 1.165) is 25.7 Å². The summed E-state index contributed by atoms with van der Waals surface area (Å²) in [7, 11) is 1.81. The molecule has 2 N–H and O–H groups in total. The molecule has 0 aromatic carbocycles. The van der Waals surface area contributed by atoms with E-state index in [4.69, 9.17) is 22.7 Å². The molecule has 0 aromatic heterocycles. The van der Waals surface area contributed by atoms with E-state index in [1.807, 2.05) is 14.0 Å². The molecule has 0 unspecified atom stereocenters. The van der Waals surface area contributed by atoms with Crippen LogP contribution in [0.15, 0.2) is 0 Å². The summed E-state index contributed by atoms with van der Waals surface area (Å²) in [5.74, 6) is 0.0709.